The predicted octanol–water partition coefficient (Wildman–Crippen LogP) is 10.3. The molecule has 6 unspecified atom stereocenters. The van der Waals surface area contributed by atoms with Crippen LogP contribution in [0.25, 0.3) is 0 Å². The molecule has 1 heterocycles. The summed E-state index contributed by atoms with van der Waals surface area (Å²) >= 11 is 0. The van der Waals surface area contributed by atoms with Crippen molar-refractivity contribution in [1.82, 2.24) is 4.90 Å². The normalized spacial score (nSPS) is 22.1. The lowest BCUT2D eigenvalue weighted by Gasteiger charge is -2.59. The number of hydrogen-bond donors (Lipinski definition) is 2. The molecule has 4 aromatic carbocycles. The van der Waals surface area contributed by atoms with Crippen molar-refractivity contribution >= 4 is 17.5 Å². The minimum absolute atomic E-state index is 0.00867. The van der Waals surface area contributed by atoms with Crippen LogP contribution in [0.4, 0.5) is 10.5 Å². The Labute approximate surface area is 392 Å². The number of nitro groups is 1. The number of nitro benzene ring substituents is 1. The lowest BCUT2D eigenvalue weighted by atomic mass is 9.55. The average Bonchev–Trinajstić information content (AvgIpc) is 3.34. The number of carbonyl (C=O) groups is 1. The number of hydrogen-bond acceptors (Lipinski definition) is 12. The molecule has 0 radical (unpaired) electrons. The first-order valence-corrected chi connectivity index (χ1v) is 23.5. The van der Waals surface area contributed by atoms with E-state index in [0.29, 0.717) is 55.4 Å². The highest BCUT2D eigenvalue weighted by atomic mass is 16.7. The van der Waals surface area contributed by atoms with Crippen molar-refractivity contribution in [3.63, 3.8) is 0 Å². The zero-order chi connectivity index (χ0) is 47.0. The first-order valence-electron chi connectivity index (χ1n) is 23.5. The Bertz CT molecular complexity index is 2310. The van der Waals surface area contributed by atoms with E-state index in [9.17, 15) is 25.1 Å². The molecule has 1 saturated carbocycles. The summed E-state index contributed by atoms with van der Waals surface area (Å²) in [5.41, 5.74) is 4.26. The Kier molecular flexibility index (Phi) is 17.6. The van der Waals surface area contributed by atoms with Gasteiger partial charge < -0.3 is 38.7 Å². The van der Waals surface area contributed by atoms with Gasteiger partial charge in [-0.05, 0) is 84.9 Å². The maximum absolute atomic E-state index is 14.6. The van der Waals surface area contributed by atoms with Crippen molar-refractivity contribution in [2.24, 2.45) is 22.9 Å². The highest BCUT2D eigenvalue weighted by molar-refractivity contribution is 6.03. The van der Waals surface area contributed by atoms with Gasteiger partial charge in [0, 0.05) is 43.7 Å². The van der Waals surface area contributed by atoms with E-state index < -0.39 is 28.8 Å². The van der Waals surface area contributed by atoms with Gasteiger partial charge in [-0.3, -0.25) is 15.0 Å². The number of fused-ring (bicyclic) bond motifs is 2. The van der Waals surface area contributed by atoms with Crippen LogP contribution in [-0.4, -0.2) is 83.2 Å². The number of carbonyl (C=O) groups excluding carboxylic acids is 1. The SMILES string of the molecule is C=CCOC12Oc3ccc(Oc4cccc([N+](=O)[O-])c4)cc3C3C(CCCCO)C(CCCCO)C=C(C(=NOCc4ccccc4)CC1N(CCC)C(=O)OCCOCc1ccccc1)C32. The van der Waals surface area contributed by atoms with E-state index in [4.69, 9.17) is 33.7 Å². The number of aliphatic hydroxyl groups is 2. The number of amides is 1. The molecule has 6 atom stereocenters. The van der Waals surface area contributed by atoms with Crippen LogP contribution in [0.15, 0.2) is 133 Å². The van der Waals surface area contributed by atoms with Crippen LogP contribution in [-0.2, 0) is 32.3 Å². The van der Waals surface area contributed by atoms with Gasteiger partial charge in [0.2, 0.25) is 5.79 Å². The van der Waals surface area contributed by atoms with Gasteiger partial charge in [0.15, 0.2) is 0 Å². The van der Waals surface area contributed by atoms with E-state index in [1.165, 1.54) is 12.1 Å². The number of nitrogens with zero attached hydrogens (tertiary/aromatic N) is 3. The zero-order valence-electron chi connectivity index (χ0n) is 38.3. The summed E-state index contributed by atoms with van der Waals surface area (Å²) in [6.07, 6.45) is 8.53. The van der Waals surface area contributed by atoms with Crippen molar-refractivity contribution in [1.29, 1.82) is 0 Å². The second kappa shape index (κ2) is 24.1. The van der Waals surface area contributed by atoms with E-state index in [1.54, 1.807) is 29.2 Å². The number of ether oxygens (including phenoxy) is 5. The van der Waals surface area contributed by atoms with E-state index in [1.807, 2.05) is 79.7 Å². The zero-order valence-corrected chi connectivity index (χ0v) is 38.3. The molecule has 14 nitrogen and oxygen atoms in total. The third kappa shape index (κ3) is 11.9. The number of unbranched alkanes of at least 4 members (excludes halogenated alkanes) is 2. The van der Waals surface area contributed by atoms with Gasteiger partial charge in [-0.15, -0.1) is 6.58 Å². The second-order valence-electron chi connectivity index (χ2n) is 17.2. The van der Waals surface area contributed by atoms with Crippen molar-refractivity contribution < 1.29 is 48.5 Å². The molecule has 4 aromatic rings. The van der Waals surface area contributed by atoms with Crippen molar-refractivity contribution in [2.75, 3.05) is 39.6 Å². The van der Waals surface area contributed by atoms with Gasteiger partial charge >= 0.3 is 6.09 Å². The number of rotatable bonds is 25. The van der Waals surface area contributed by atoms with Gasteiger partial charge in [-0.2, -0.15) is 0 Å². The van der Waals surface area contributed by atoms with Crippen molar-refractivity contribution in [3.8, 4) is 17.2 Å². The van der Waals surface area contributed by atoms with E-state index in [0.717, 1.165) is 47.9 Å². The fourth-order valence-electron chi connectivity index (χ4n) is 9.92. The molecular formula is C53H63N3O11. The molecule has 7 rings (SSSR count). The number of benzene rings is 4. The Morgan fingerprint density at radius 3 is 2.33 bits per heavy atom. The van der Waals surface area contributed by atoms with E-state index in [-0.39, 0.29) is 69.5 Å². The van der Waals surface area contributed by atoms with Gasteiger partial charge in [-0.1, -0.05) is 104 Å². The molecule has 14 heteroatoms. The van der Waals surface area contributed by atoms with Gasteiger partial charge in [0.05, 0.1) is 42.4 Å². The summed E-state index contributed by atoms with van der Waals surface area (Å²) in [5, 5.41) is 36.6. The summed E-state index contributed by atoms with van der Waals surface area (Å²) in [7, 11) is 0. The Hall–Kier alpha value is -6.06. The smallest absolute Gasteiger partial charge is 0.410 e. The number of aliphatic hydroxyl groups excluding tert-OH is 2. The van der Waals surface area contributed by atoms with Crippen LogP contribution in [0, 0.1) is 27.9 Å². The van der Waals surface area contributed by atoms with Crippen LogP contribution in [0.5, 0.6) is 17.2 Å². The molecule has 3 aliphatic rings. The maximum atomic E-state index is 14.6. The fraction of sp³-hybridized carbons (Fsp3) is 0.434. The second-order valence-corrected chi connectivity index (χ2v) is 17.2. The molecule has 1 fully saturated rings. The molecule has 356 valence electrons. The molecule has 0 aromatic heterocycles. The minimum atomic E-state index is -1.48. The van der Waals surface area contributed by atoms with Crippen LogP contribution in [0.3, 0.4) is 0 Å². The largest absolute Gasteiger partial charge is 0.459 e. The lowest BCUT2D eigenvalue weighted by molar-refractivity contribution is -0.384. The quantitative estimate of drug-likeness (QED) is 0.0281. The Balaban J connectivity index is 1.35. The predicted molar refractivity (Wildman–Crippen MR) is 254 cm³/mol. The highest BCUT2D eigenvalue weighted by Crippen LogP contribution is 2.62. The Morgan fingerprint density at radius 1 is 0.910 bits per heavy atom. The molecule has 1 amide bonds. The first-order chi connectivity index (χ1) is 32.8. The van der Waals surface area contributed by atoms with Gasteiger partial charge in [0.25, 0.3) is 5.69 Å². The average molecular weight is 918 g/mol. The monoisotopic (exact) mass is 917 g/mol. The van der Waals surface area contributed by atoms with Gasteiger partial charge in [-0.25, -0.2) is 4.79 Å². The minimum Gasteiger partial charge on any atom is -0.459 e. The first kappa shape index (κ1) is 48.9. The summed E-state index contributed by atoms with van der Waals surface area (Å²) in [6, 6.07) is 30.5. The summed E-state index contributed by atoms with van der Waals surface area (Å²) in [5.74, 6) is -1.06. The summed E-state index contributed by atoms with van der Waals surface area (Å²) < 4.78 is 32.7. The van der Waals surface area contributed by atoms with Crippen LogP contribution in [0.1, 0.15) is 80.9 Å². The molecular weight excluding hydrogens is 855 g/mol. The number of allylic oxidation sites excluding steroid dienone is 1. The van der Waals surface area contributed by atoms with E-state index >= 15 is 0 Å². The molecule has 1 aliphatic heterocycles. The Morgan fingerprint density at radius 2 is 1.63 bits per heavy atom. The molecule has 0 bridgehead atoms. The molecule has 67 heavy (non-hydrogen) atoms. The maximum Gasteiger partial charge on any atom is 0.410 e. The van der Waals surface area contributed by atoms with Gasteiger partial charge in [0.1, 0.15) is 36.5 Å². The number of oxime groups is 1. The molecule has 2 N–H and O–H groups in total. The molecule has 0 spiro atoms. The highest BCUT2D eigenvalue weighted by Gasteiger charge is 2.65. The molecule has 0 saturated heterocycles. The van der Waals surface area contributed by atoms with E-state index in [2.05, 4.69) is 12.7 Å². The number of non-ortho nitro benzene ring substituents is 1. The lowest BCUT2D eigenvalue weighted by Crippen LogP contribution is -2.70. The summed E-state index contributed by atoms with van der Waals surface area (Å²) in [6.45, 7) is 7.39. The fourth-order valence-corrected chi connectivity index (χ4v) is 9.92. The third-order valence-electron chi connectivity index (χ3n) is 12.8. The third-order valence-corrected chi connectivity index (χ3v) is 12.8. The van der Waals surface area contributed by atoms with Crippen molar-refractivity contribution in [3.05, 3.63) is 154 Å². The van der Waals surface area contributed by atoms with Crippen LogP contribution < -0.4 is 9.47 Å². The molecule has 2 aliphatic carbocycles. The van der Waals surface area contributed by atoms with Crippen LogP contribution in [0.2, 0.25) is 0 Å². The van der Waals surface area contributed by atoms with Crippen LogP contribution >= 0.6 is 0 Å². The topological polar surface area (TPSA) is 172 Å². The standard InChI is InChI=1S/C53H63N3O11/c1-3-26-55(52(59)63-31-30-62-36-38-16-7-5-8-17-38)49-35-47(54-65-37-39-18-9-6-10-19-39)45-32-40(20-11-13-27-57)44(23-12-14-28-58)50-46-34-43(66-42-22-15-21-41(33-42)56(60)61)24-25-48(46)67-53(49,51(45)50)64-29-4-2/h4-10,15-19,21-22,24-25,32-34,40,44,49-51,57-58H,2-3,11-14,20,23,26-31,35-37H2,1H3. The summed E-state index contributed by atoms with van der Waals surface area (Å²) in [4.78, 5) is 33.8. The van der Waals surface area contributed by atoms with Crippen molar-refractivity contribution in [2.45, 2.75) is 89.3 Å².